The minimum Gasteiger partial charge on any atom is -0.454 e. The van der Waals surface area contributed by atoms with E-state index in [0.717, 1.165) is 15.3 Å². The highest BCUT2D eigenvalue weighted by Gasteiger charge is 2.50. The smallest absolute Gasteiger partial charge is 0.325 e. The first-order valence-electron chi connectivity index (χ1n) is 11.3. The molecule has 3 aromatic rings. The Morgan fingerprint density at radius 3 is 2.66 bits per heavy atom. The summed E-state index contributed by atoms with van der Waals surface area (Å²) in [6, 6.07) is 18.3. The maximum atomic E-state index is 13.4. The average Bonchev–Trinajstić information content (AvgIpc) is 3.60. The number of nitrogens with one attached hydrogen (secondary N) is 1. The Morgan fingerprint density at radius 1 is 1.09 bits per heavy atom. The molecule has 9 heteroatoms. The maximum absolute atomic E-state index is 13.4. The van der Waals surface area contributed by atoms with Crippen LogP contribution < -0.4 is 14.8 Å². The highest BCUT2D eigenvalue weighted by Crippen LogP contribution is 2.37. The number of nitrogens with zero attached hydrogens (tertiary/aromatic N) is 2. The Morgan fingerprint density at radius 2 is 1.89 bits per heavy atom. The van der Waals surface area contributed by atoms with Crippen molar-refractivity contribution >= 4 is 29.2 Å². The monoisotopic (exact) mass is 491 g/mol. The van der Waals surface area contributed by atoms with Crippen LogP contribution in [0.2, 0.25) is 0 Å². The quantitative estimate of drug-likeness (QED) is 0.487. The second-order valence-corrected chi connectivity index (χ2v) is 9.68. The summed E-state index contributed by atoms with van der Waals surface area (Å²) >= 11 is 1.57. The van der Waals surface area contributed by atoms with E-state index in [1.807, 2.05) is 47.8 Å². The van der Waals surface area contributed by atoms with Crippen molar-refractivity contribution in [3.8, 4) is 11.5 Å². The number of carbonyl (C=O) groups is 3. The van der Waals surface area contributed by atoms with Crippen molar-refractivity contribution in [1.29, 1.82) is 0 Å². The Balaban J connectivity index is 1.32. The molecule has 5 rings (SSSR count). The van der Waals surface area contributed by atoms with Crippen molar-refractivity contribution in [1.82, 2.24) is 15.1 Å². The molecule has 0 aliphatic carbocycles. The summed E-state index contributed by atoms with van der Waals surface area (Å²) in [6.07, 6.45) is 0.674. The minimum atomic E-state index is -1.30. The largest absolute Gasteiger partial charge is 0.454 e. The number of amides is 4. The first kappa shape index (κ1) is 22.9. The van der Waals surface area contributed by atoms with Gasteiger partial charge < -0.3 is 19.7 Å². The van der Waals surface area contributed by atoms with Crippen LogP contribution in [-0.4, -0.2) is 47.5 Å². The predicted octanol–water partition coefficient (Wildman–Crippen LogP) is 3.52. The van der Waals surface area contributed by atoms with Crippen LogP contribution in [0.15, 0.2) is 66.0 Å². The van der Waals surface area contributed by atoms with Crippen LogP contribution in [0.3, 0.4) is 0 Å². The van der Waals surface area contributed by atoms with Gasteiger partial charge in [-0.3, -0.25) is 14.5 Å². The number of benzene rings is 2. The van der Waals surface area contributed by atoms with Crippen molar-refractivity contribution in [3.05, 3.63) is 82.0 Å². The molecule has 4 amide bonds. The molecule has 0 bridgehead atoms. The van der Waals surface area contributed by atoms with Crippen molar-refractivity contribution < 1.29 is 23.9 Å². The second-order valence-electron chi connectivity index (χ2n) is 8.64. The zero-order chi connectivity index (χ0) is 24.4. The number of carbonyl (C=O) groups excluding carboxylic acids is 3. The molecular formula is C26H25N3O5S. The van der Waals surface area contributed by atoms with Crippen LogP contribution in [-0.2, 0) is 28.1 Å². The molecule has 1 N–H and O–H groups in total. The number of hydrogen-bond acceptors (Lipinski definition) is 6. The summed E-state index contributed by atoms with van der Waals surface area (Å²) in [6.45, 7) is 2.31. The molecular weight excluding hydrogens is 466 g/mol. The van der Waals surface area contributed by atoms with Crippen molar-refractivity contribution in [2.24, 2.45) is 0 Å². The van der Waals surface area contributed by atoms with Crippen LogP contribution in [0.4, 0.5) is 4.79 Å². The van der Waals surface area contributed by atoms with E-state index in [4.69, 9.17) is 9.47 Å². The van der Waals surface area contributed by atoms with Crippen LogP contribution in [0.1, 0.15) is 22.9 Å². The van der Waals surface area contributed by atoms with Crippen molar-refractivity contribution in [2.45, 2.75) is 25.4 Å². The third-order valence-corrected chi connectivity index (χ3v) is 7.17. The molecule has 0 saturated carbocycles. The molecule has 1 aromatic heterocycles. The van der Waals surface area contributed by atoms with Gasteiger partial charge in [0, 0.05) is 11.4 Å². The van der Waals surface area contributed by atoms with Gasteiger partial charge in [-0.1, -0.05) is 42.5 Å². The van der Waals surface area contributed by atoms with Gasteiger partial charge in [0.2, 0.25) is 12.7 Å². The molecule has 1 atom stereocenters. The number of imide groups is 1. The van der Waals surface area contributed by atoms with E-state index in [1.165, 1.54) is 0 Å². The van der Waals surface area contributed by atoms with Gasteiger partial charge in [0.15, 0.2) is 11.5 Å². The van der Waals surface area contributed by atoms with Gasteiger partial charge in [-0.15, -0.1) is 11.3 Å². The molecule has 2 aliphatic heterocycles. The topological polar surface area (TPSA) is 88.2 Å². The van der Waals surface area contributed by atoms with Crippen LogP contribution in [0, 0.1) is 0 Å². The molecule has 1 saturated heterocycles. The highest BCUT2D eigenvalue weighted by molar-refractivity contribution is 7.09. The lowest BCUT2D eigenvalue weighted by atomic mass is 9.91. The molecule has 2 aliphatic rings. The van der Waals surface area contributed by atoms with E-state index in [9.17, 15) is 14.4 Å². The molecule has 8 nitrogen and oxygen atoms in total. The number of hydrogen-bond donors (Lipinski definition) is 1. The zero-order valence-corrected chi connectivity index (χ0v) is 20.0. The Labute approximate surface area is 207 Å². The average molecular weight is 492 g/mol. The fourth-order valence-corrected chi connectivity index (χ4v) is 4.99. The lowest BCUT2D eigenvalue weighted by molar-refractivity contribution is -0.139. The van der Waals surface area contributed by atoms with Gasteiger partial charge in [0.1, 0.15) is 12.1 Å². The second kappa shape index (κ2) is 9.42. The summed E-state index contributed by atoms with van der Waals surface area (Å²) in [5, 5.41) is 4.72. The summed E-state index contributed by atoms with van der Waals surface area (Å²) in [5.41, 5.74) is 0.373. The van der Waals surface area contributed by atoms with Crippen LogP contribution in [0.25, 0.3) is 0 Å². The van der Waals surface area contributed by atoms with E-state index < -0.39 is 17.5 Å². The van der Waals surface area contributed by atoms with Crippen LogP contribution >= 0.6 is 11.3 Å². The fourth-order valence-electron chi connectivity index (χ4n) is 4.27. The maximum Gasteiger partial charge on any atom is 0.325 e. The molecule has 1 fully saturated rings. The summed E-state index contributed by atoms with van der Waals surface area (Å²) in [5.74, 6) is 0.341. The molecule has 0 spiro atoms. The molecule has 0 radical (unpaired) electrons. The number of urea groups is 1. The lowest BCUT2D eigenvalue weighted by Gasteiger charge is -2.25. The van der Waals surface area contributed by atoms with E-state index in [1.54, 1.807) is 41.4 Å². The van der Waals surface area contributed by atoms with Gasteiger partial charge in [-0.05, 0) is 48.1 Å². The predicted molar refractivity (Wildman–Crippen MR) is 130 cm³/mol. The van der Waals surface area contributed by atoms with E-state index in [-0.39, 0.29) is 19.2 Å². The Hall–Kier alpha value is -3.85. The van der Waals surface area contributed by atoms with Gasteiger partial charge in [-0.2, -0.15) is 0 Å². The van der Waals surface area contributed by atoms with Gasteiger partial charge in [0.05, 0.1) is 6.54 Å². The van der Waals surface area contributed by atoms with Crippen molar-refractivity contribution in [3.63, 3.8) is 0 Å². The summed E-state index contributed by atoms with van der Waals surface area (Å²) < 4.78 is 10.8. The van der Waals surface area contributed by atoms with Gasteiger partial charge >= 0.3 is 6.03 Å². The first-order chi connectivity index (χ1) is 16.9. The molecule has 2 aromatic carbocycles. The molecule has 3 heterocycles. The summed E-state index contributed by atoms with van der Waals surface area (Å²) in [7, 11) is 0. The van der Waals surface area contributed by atoms with E-state index in [0.29, 0.717) is 36.6 Å². The Kier molecular flexibility index (Phi) is 6.17. The number of rotatable bonds is 8. The summed E-state index contributed by atoms with van der Waals surface area (Å²) in [4.78, 5) is 43.3. The van der Waals surface area contributed by atoms with Gasteiger partial charge in [0.25, 0.3) is 5.91 Å². The zero-order valence-electron chi connectivity index (χ0n) is 19.2. The number of thiophene rings is 1. The molecule has 0 unspecified atom stereocenters. The van der Waals surface area contributed by atoms with Crippen molar-refractivity contribution in [2.75, 3.05) is 19.9 Å². The fraction of sp³-hybridized carbons (Fsp3) is 0.269. The first-order valence-corrected chi connectivity index (χ1v) is 12.2. The SMILES string of the molecule is C[C@]1(c2ccc3c(c2)OCO3)NC(=O)N(CC(=O)N(CCc2ccccc2)Cc2cccs2)C1=O. The van der Waals surface area contributed by atoms with Gasteiger partial charge in [-0.25, -0.2) is 4.79 Å². The Bertz CT molecular complexity index is 1250. The third-order valence-electron chi connectivity index (χ3n) is 6.31. The minimum absolute atomic E-state index is 0.111. The number of ether oxygens (including phenoxy) is 2. The standard InChI is InChI=1S/C26H25N3O5S/c1-26(19-9-10-21-22(14-19)34-17-33-21)24(31)29(25(32)27-26)16-23(30)28(15-20-8-5-13-35-20)12-11-18-6-3-2-4-7-18/h2-10,13-14H,11-12,15-17H2,1H3,(H,27,32)/t26-/m1/s1. The number of fused-ring (bicyclic) bond motifs is 1. The molecule has 35 heavy (non-hydrogen) atoms. The van der Waals surface area contributed by atoms with E-state index >= 15 is 0 Å². The highest BCUT2D eigenvalue weighted by atomic mass is 32.1. The third kappa shape index (κ3) is 4.59. The molecule has 180 valence electrons. The lowest BCUT2D eigenvalue weighted by Crippen LogP contribution is -2.44. The van der Waals surface area contributed by atoms with Crippen LogP contribution in [0.5, 0.6) is 11.5 Å². The normalized spacial score (nSPS) is 18.6. The van der Waals surface area contributed by atoms with E-state index in [2.05, 4.69) is 5.32 Å².